The van der Waals surface area contributed by atoms with Crippen LogP contribution in [0.3, 0.4) is 0 Å². The number of hydrazine groups is 1. The van der Waals surface area contributed by atoms with Crippen molar-refractivity contribution < 1.29 is 0 Å². The smallest absolute Gasteiger partial charge is 0.142 e. The molecule has 0 atom stereocenters. The fraction of sp³-hybridized carbons (Fsp3) is 0. The lowest BCUT2D eigenvalue weighted by Crippen LogP contribution is -2.08. The fourth-order valence-electron chi connectivity index (χ4n) is 1.30. The molecule has 82 valence electrons. The van der Waals surface area contributed by atoms with Crippen molar-refractivity contribution in [2.45, 2.75) is 0 Å². The average molecular weight is 326 g/mol. The molecule has 4 nitrogen and oxygen atoms in total. The zero-order valence-electron chi connectivity index (χ0n) is 8.44. The van der Waals surface area contributed by atoms with Crippen LogP contribution in [0.25, 0.3) is 0 Å². The normalized spacial score (nSPS) is 9.88. The number of pyridine rings is 1. The first-order chi connectivity index (χ1) is 7.78. The quantitative estimate of drug-likeness (QED) is 0.461. The maximum absolute atomic E-state index is 5.29. The highest BCUT2D eigenvalue weighted by molar-refractivity contribution is 14.1. The van der Waals surface area contributed by atoms with Gasteiger partial charge < -0.3 is 10.7 Å². The lowest BCUT2D eigenvalue weighted by molar-refractivity contribution is 1.22. The number of benzene rings is 1. The molecule has 0 saturated carbocycles. The minimum absolute atomic E-state index is 0.635. The fourth-order valence-corrected chi connectivity index (χ4v) is 1.84. The molecule has 0 radical (unpaired) electrons. The Morgan fingerprint density at radius 1 is 1.06 bits per heavy atom. The van der Waals surface area contributed by atoms with E-state index >= 15 is 0 Å². The van der Waals surface area contributed by atoms with E-state index in [1.807, 2.05) is 36.4 Å². The Hall–Kier alpha value is -1.34. The van der Waals surface area contributed by atoms with E-state index in [0.717, 1.165) is 11.5 Å². The number of nitrogens with zero attached hydrogens (tertiary/aromatic N) is 1. The molecule has 0 bridgehead atoms. The lowest BCUT2D eigenvalue weighted by Gasteiger charge is -2.07. The minimum atomic E-state index is 0.635. The Labute approximate surface area is 107 Å². The summed E-state index contributed by atoms with van der Waals surface area (Å²) in [6.07, 6.45) is 0. The third-order valence-electron chi connectivity index (χ3n) is 1.99. The van der Waals surface area contributed by atoms with Gasteiger partial charge in [0.1, 0.15) is 11.6 Å². The Morgan fingerprint density at radius 3 is 2.56 bits per heavy atom. The summed E-state index contributed by atoms with van der Waals surface area (Å²) in [6.45, 7) is 0. The van der Waals surface area contributed by atoms with Gasteiger partial charge >= 0.3 is 0 Å². The van der Waals surface area contributed by atoms with Crippen LogP contribution in [0.2, 0.25) is 0 Å². The number of anilines is 3. The molecule has 0 aliphatic heterocycles. The van der Waals surface area contributed by atoms with Gasteiger partial charge in [0, 0.05) is 9.26 Å². The Kier molecular flexibility index (Phi) is 3.58. The van der Waals surface area contributed by atoms with E-state index in [4.69, 9.17) is 5.84 Å². The molecule has 2 aromatic rings. The summed E-state index contributed by atoms with van der Waals surface area (Å²) in [7, 11) is 0. The number of nitrogens with two attached hydrogens (primary N) is 1. The van der Waals surface area contributed by atoms with Crippen LogP contribution in [0.4, 0.5) is 17.3 Å². The van der Waals surface area contributed by atoms with Gasteiger partial charge in [-0.05, 0) is 52.9 Å². The van der Waals surface area contributed by atoms with Crippen LogP contribution in [-0.2, 0) is 0 Å². The summed E-state index contributed by atoms with van der Waals surface area (Å²) < 4.78 is 1.18. The van der Waals surface area contributed by atoms with Crippen molar-refractivity contribution in [2.24, 2.45) is 5.84 Å². The van der Waals surface area contributed by atoms with E-state index in [1.165, 1.54) is 3.57 Å². The number of nitrogens with one attached hydrogen (secondary N) is 2. The summed E-state index contributed by atoms with van der Waals surface area (Å²) in [4.78, 5) is 4.27. The summed E-state index contributed by atoms with van der Waals surface area (Å²) in [6, 6.07) is 13.7. The molecular weight excluding hydrogens is 315 g/mol. The first-order valence-electron chi connectivity index (χ1n) is 4.74. The summed E-state index contributed by atoms with van der Waals surface area (Å²) in [5, 5.41) is 3.21. The summed E-state index contributed by atoms with van der Waals surface area (Å²) in [5.74, 6) is 6.69. The van der Waals surface area contributed by atoms with Crippen LogP contribution in [0, 0.1) is 3.57 Å². The van der Waals surface area contributed by atoms with Gasteiger partial charge in [0.2, 0.25) is 0 Å². The third-order valence-corrected chi connectivity index (χ3v) is 2.66. The van der Waals surface area contributed by atoms with Crippen LogP contribution in [-0.4, -0.2) is 4.98 Å². The minimum Gasteiger partial charge on any atom is -0.340 e. The first-order valence-corrected chi connectivity index (χ1v) is 5.82. The van der Waals surface area contributed by atoms with Gasteiger partial charge in [-0.1, -0.05) is 12.1 Å². The molecule has 2 rings (SSSR count). The van der Waals surface area contributed by atoms with Crippen LogP contribution in [0.5, 0.6) is 0 Å². The molecule has 1 aromatic carbocycles. The van der Waals surface area contributed by atoms with Gasteiger partial charge in [-0.3, -0.25) is 0 Å². The predicted octanol–water partition coefficient (Wildman–Crippen LogP) is 2.72. The molecule has 0 fully saturated rings. The van der Waals surface area contributed by atoms with Crippen LogP contribution < -0.4 is 16.6 Å². The highest BCUT2D eigenvalue weighted by Crippen LogP contribution is 2.17. The molecule has 16 heavy (non-hydrogen) atoms. The number of rotatable bonds is 3. The molecule has 0 aliphatic rings. The van der Waals surface area contributed by atoms with Crippen molar-refractivity contribution in [1.82, 2.24) is 4.98 Å². The van der Waals surface area contributed by atoms with Crippen molar-refractivity contribution in [3.8, 4) is 0 Å². The molecule has 1 heterocycles. The molecule has 0 unspecified atom stereocenters. The second-order valence-corrected chi connectivity index (χ2v) is 4.43. The molecule has 0 spiro atoms. The second kappa shape index (κ2) is 5.13. The number of hydrogen-bond acceptors (Lipinski definition) is 4. The van der Waals surface area contributed by atoms with Gasteiger partial charge in [-0.2, -0.15) is 0 Å². The van der Waals surface area contributed by atoms with Gasteiger partial charge in [-0.15, -0.1) is 0 Å². The van der Waals surface area contributed by atoms with Gasteiger partial charge in [0.25, 0.3) is 0 Å². The molecule has 0 aliphatic carbocycles. The highest BCUT2D eigenvalue weighted by Gasteiger charge is 1.97. The van der Waals surface area contributed by atoms with E-state index in [9.17, 15) is 0 Å². The van der Waals surface area contributed by atoms with Crippen LogP contribution in [0.15, 0.2) is 42.5 Å². The van der Waals surface area contributed by atoms with Gasteiger partial charge in [-0.25, -0.2) is 10.8 Å². The number of halogens is 1. The highest BCUT2D eigenvalue weighted by atomic mass is 127. The van der Waals surface area contributed by atoms with Crippen LogP contribution >= 0.6 is 22.6 Å². The monoisotopic (exact) mass is 326 g/mol. The van der Waals surface area contributed by atoms with Crippen LogP contribution in [0.1, 0.15) is 0 Å². The van der Waals surface area contributed by atoms with Crippen molar-refractivity contribution in [1.29, 1.82) is 0 Å². The molecular formula is C11H11IN4. The van der Waals surface area contributed by atoms with Crippen molar-refractivity contribution in [2.75, 3.05) is 10.7 Å². The SMILES string of the molecule is NNc1cccc(Nc2cccc(I)c2)n1. The standard InChI is InChI=1S/C11H11IN4/c12-8-3-1-4-9(7-8)14-10-5-2-6-11(15-10)16-13/h1-7H,13H2,(H2,14,15,16). The maximum atomic E-state index is 5.29. The van der Waals surface area contributed by atoms with E-state index in [0.29, 0.717) is 5.82 Å². The Morgan fingerprint density at radius 2 is 1.81 bits per heavy atom. The Bertz CT molecular complexity index is 487. The number of aromatic nitrogens is 1. The lowest BCUT2D eigenvalue weighted by atomic mass is 10.3. The van der Waals surface area contributed by atoms with E-state index < -0.39 is 0 Å². The topological polar surface area (TPSA) is 63.0 Å². The zero-order chi connectivity index (χ0) is 11.4. The average Bonchev–Trinajstić information content (AvgIpc) is 2.29. The third kappa shape index (κ3) is 2.83. The van der Waals surface area contributed by atoms with Crippen molar-refractivity contribution in [3.05, 3.63) is 46.0 Å². The van der Waals surface area contributed by atoms with E-state index in [-0.39, 0.29) is 0 Å². The molecule has 0 saturated heterocycles. The van der Waals surface area contributed by atoms with Crippen molar-refractivity contribution >= 4 is 39.9 Å². The summed E-state index contributed by atoms with van der Waals surface area (Å²) >= 11 is 2.27. The van der Waals surface area contributed by atoms with E-state index in [2.05, 4.69) is 38.3 Å². The number of nitrogen functional groups attached to an aromatic ring is 1. The van der Waals surface area contributed by atoms with Crippen molar-refractivity contribution in [3.63, 3.8) is 0 Å². The first kappa shape index (κ1) is 11.2. The zero-order valence-corrected chi connectivity index (χ0v) is 10.6. The predicted molar refractivity (Wildman–Crippen MR) is 74.5 cm³/mol. The maximum Gasteiger partial charge on any atom is 0.142 e. The second-order valence-electron chi connectivity index (χ2n) is 3.19. The van der Waals surface area contributed by atoms with E-state index in [1.54, 1.807) is 6.07 Å². The molecule has 5 heteroatoms. The number of hydrogen-bond donors (Lipinski definition) is 3. The van der Waals surface area contributed by atoms with Gasteiger partial charge in [0.15, 0.2) is 0 Å². The largest absolute Gasteiger partial charge is 0.340 e. The molecule has 0 amide bonds. The molecule has 4 N–H and O–H groups in total. The Balaban J connectivity index is 2.20. The van der Waals surface area contributed by atoms with Gasteiger partial charge in [0.05, 0.1) is 0 Å². The summed E-state index contributed by atoms with van der Waals surface area (Å²) in [5.41, 5.74) is 3.52. The molecule has 1 aromatic heterocycles.